The number of halogens is 3. The van der Waals surface area contributed by atoms with Crippen molar-refractivity contribution in [3.8, 4) is 11.5 Å². The Hall–Kier alpha value is -2.37. The number of anilines is 1. The van der Waals surface area contributed by atoms with Crippen molar-refractivity contribution in [2.24, 2.45) is 0 Å². The predicted molar refractivity (Wildman–Crippen MR) is 68.3 cm³/mol. The van der Waals surface area contributed by atoms with Crippen molar-refractivity contribution in [2.75, 3.05) is 5.73 Å². The Bertz CT molecular complexity index is 612. The molecule has 2 rings (SSSR count). The second kappa shape index (κ2) is 5.32. The quantitative estimate of drug-likeness (QED) is 0.847. The molecule has 0 aromatic heterocycles. The van der Waals surface area contributed by atoms with Crippen LogP contribution in [0.5, 0.6) is 11.5 Å². The molecule has 0 aliphatic heterocycles. The summed E-state index contributed by atoms with van der Waals surface area (Å²) in [5.74, 6) is -0.397. The molecule has 0 aliphatic carbocycles. The molecule has 3 nitrogen and oxygen atoms in total. The molecule has 0 saturated carbocycles. The molecular formula is C14H12F3NO2. The zero-order chi connectivity index (χ0) is 14.8. The predicted octanol–water partition coefficient (Wildman–Crippen LogP) is 3.57. The van der Waals surface area contributed by atoms with Crippen LogP contribution >= 0.6 is 0 Å². The number of phenols is 1. The van der Waals surface area contributed by atoms with Gasteiger partial charge in [0.1, 0.15) is 18.1 Å². The highest BCUT2D eigenvalue weighted by Crippen LogP contribution is 2.36. The number of nitrogen functional groups attached to an aromatic ring is 1. The van der Waals surface area contributed by atoms with Crippen molar-refractivity contribution in [2.45, 2.75) is 12.8 Å². The van der Waals surface area contributed by atoms with E-state index in [9.17, 15) is 18.3 Å². The fourth-order valence-electron chi connectivity index (χ4n) is 1.69. The number of nitrogens with two attached hydrogens (primary N) is 1. The lowest BCUT2D eigenvalue weighted by molar-refractivity contribution is -0.139. The summed E-state index contributed by atoms with van der Waals surface area (Å²) >= 11 is 0. The van der Waals surface area contributed by atoms with Gasteiger partial charge >= 0.3 is 6.18 Å². The molecule has 0 amide bonds. The van der Waals surface area contributed by atoms with Crippen molar-refractivity contribution >= 4 is 5.69 Å². The van der Waals surface area contributed by atoms with Crippen LogP contribution in [0.2, 0.25) is 0 Å². The van der Waals surface area contributed by atoms with E-state index in [2.05, 4.69) is 0 Å². The molecule has 20 heavy (non-hydrogen) atoms. The monoisotopic (exact) mass is 283 g/mol. The van der Waals surface area contributed by atoms with Crippen molar-refractivity contribution in [1.82, 2.24) is 0 Å². The number of hydrogen-bond acceptors (Lipinski definition) is 3. The van der Waals surface area contributed by atoms with Crippen LogP contribution in [0.25, 0.3) is 0 Å². The Balaban J connectivity index is 2.19. The summed E-state index contributed by atoms with van der Waals surface area (Å²) in [4.78, 5) is 0. The van der Waals surface area contributed by atoms with E-state index in [1.54, 1.807) is 0 Å². The molecule has 0 bridgehead atoms. The first-order valence-corrected chi connectivity index (χ1v) is 5.74. The van der Waals surface area contributed by atoms with Crippen LogP contribution < -0.4 is 10.5 Å². The summed E-state index contributed by atoms with van der Waals surface area (Å²) in [6.45, 7) is -0.181. The first kappa shape index (κ1) is 14.0. The van der Waals surface area contributed by atoms with Gasteiger partial charge in [-0.3, -0.25) is 0 Å². The number of phenolic OH excluding ortho intramolecular Hbond substituents is 1. The molecular weight excluding hydrogens is 271 g/mol. The molecule has 0 spiro atoms. The molecule has 0 aliphatic rings. The molecule has 0 fully saturated rings. The Morgan fingerprint density at radius 2 is 1.80 bits per heavy atom. The number of hydrogen-bond donors (Lipinski definition) is 2. The van der Waals surface area contributed by atoms with Crippen LogP contribution in [0.1, 0.15) is 11.1 Å². The second-order valence-corrected chi connectivity index (χ2v) is 4.17. The Morgan fingerprint density at radius 1 is 1.10 bits per heavy atom. The van der Waals surface area contributed by atoms with Gasteiger partial charge in [0.15, 0.2) is 0 Å². The number of para-hydroxylation sites is 1. The van der Waals surface area contributed by atoms with Crippen molar-refractivity contribution in [3.63, 3.8) is 0 Å². The van der Waals surface area contributed by atoms with Gasteiger partial charge in [0.05, 0.1) is 5.56 Å². The standard InChI is InChI=1S/C14H12F3NO2/c15-14(16,17)11-3-1-2-4-13(11)20-8-9-5-6-10(18)7-12(9)19/h1-7,19H,8,18H2. The van der Waals surface area contributed by atoms with Gasteiger partial charge in [-0.05, 0) is 24.3 Å². The van der Waals surface area contributed by atoms with Crippen molar-refractivity contribution in [3.05, 3.63) is 53.6 Å². The zero-order valence-electron chi connectivity index (χ0n) is 10.3. The third kappa shape index (κ3) is 3.14. The van der Waals surface area contributed by atoms with Gasteiger partial charge in [-0.15, -0.1) is 0 Å². The molecule has 6 heteroatoms. The van der Waals surface area contributed by atoms with Crippen LogP contribution in [-0.2, 0) is 12.8 Å². The number of alkyl halides is 3. The molecule has 3 N–H and O–H groups in total. The summed E-state index contributed by atoms with van der Waals surface area (Å²) < 4.78 is 43.4. The molecule has 2 aromatic rings. The maximum atomic E-state index is 12.8. The highest BCUT2D eigenvalue weighted by atomic mass is 19.4. The SMILES string of the molecule is Nc1ccc(COc2ccccc2C(F)(F)F)c(O)c1. The van der Waals surface area contributed by atoms with Gasteiger partial charge in [-0.2, -0.15) is 13.2 Å². The Kier molecular flexibility index (Phi) is 3.74. The smallest absolute Gasteiger partial charge is 0.419 e. The normalized spacial score (nSPS) is 11.3. The van der Waals surface area contributed by atoms with E-state index in [4.69, 9.17) is 10.5 Å². The Labute approximate surface area is 113 Å². The fourth-order valence-corrected chi connectivity index (χ4v) is 1.69. The van der Waals surface area contributed by atoms with Gasteiger partial charge in [-0.1, -0.05) is 12.1 Å². The number of benzene rings is 2. The lowest BCUT2D eigenvalue weighted by Gasteiger charge is -2.14. The minimum Gasteiger partial charge on any atom is -0.507 e. The van der Waals surface area contributed by atoms with Crippen LogP contribution in [0, 0.1) is 0 Å². The molecule has 0 radical (unpaired) electrons. The van der Waals surface area contributed by atoms with E-state index in [0.717, 1.165) is 6.07 Å². The molecule has 0 atom stereocenters. The van der Waals surface area contributed by atoms with E-state index < -0.39 is 11.7 Å². The van der Waals surface area contributed by atoms with Gasteiger partial charge in [0, 0.05) is 17.3 Å². The minimum absolute atomic E-state index is 0.116. The highest BCUT2D eigenvalue weighted by molar-refractivity contribution is 5.47. The van der Waals surface area contributed by atoms with E-state index in [1.807, 2.05) is 0 Å². The van der Waals surface area contributed by atoms with E-state index in [0.29, 0.717) is 11.3 Å². The molecule has 106 valence electrons. The second-order valence-electron chi connectivity index (χ2n) is 4.17. The minimum atomic E-state index is -4.49. The lowest BCUT2D eigenvalue weighted by atomic mass is 10.2. The number of aromatic hydroxyl groups is 1. The van der Waals surface area contributed by atoms with E-state index in [-0.39, 0.29) is 18.1 Å². The van der Waals surface area contributed by atoms with Crippen molar-refractivity contribution < 1.29 is 23.0 Å². The topological polar surface area (TPSA) is 55.5 Å². The third-order valence-electron chi connectivity index (χ3n) is 2.68. The maximum Gasteiger partial charge on any atom is 0.419 e. The van der Waals surface area contributed by atoms with Crippen LogP contribution in [0.15, 0.2) is 42.5 Å². The van der Waals surface area contributed by atoms with Gasteiger partial charge in [0.25, 0.3) is 0 Å². The number of ether oxygens (including phenoxy) is 1. The zero-order valence-corrected chi connectivity index (χ0v) is 10.3. The summed E-state index contributed by atoms with van der Waals surface area (Å²) in [5.41, 5.74) is 5.33. The maximum absolute atomic E-state index is 12.8. The molecule has 0 unspecified atom stereocenters. The van der Waals surface area contributed by atoms with Crippen LogP contribution in [-0.4, -0.2) is 5.11 Å². The first-order chi connectivity index (χ1) is 9.38. The van der Waals surface area contributed by atoms with Gasteiger partial charge in [-0.25, -0.2) is 0 Å². The summed E-state index contributed by atoms with van der Waals surface area (Å²) in [6, 6.07) is 9.27. The van der Waals surface area contributed by atoms with Gasteiger partial charge < -0.3 is 15.6 Å². The lowest BCUT2D eigenvalue weighted by Crippen LogP contribution is -2.08. The Morgan fingerprint density at radius 3 is 2.45 bits per heavy atom. The largest absolute Gasteiger partial charge is 0.507 e. The summed E-state index contributed by atoms with van der Waals surface area (Å²) in [5, 5.41) is 9.62. The van der Waals surface area contributed by atoms with Crippen LogP contribution in [0.4, 0.5) is 18.9 Å². The molecule has 0 saturated heterocycles. The molecule has 2 aromatic carbocycles. The van der Waals surface area contributed by atoms with Crippen molar-refractivity contribution in [1.29, 1.82) is 0 Å². The average Bonchev–Trinajstić information content (AvgIpc) is 2.37. The third-order valence-corrected chi connectivity index (χ3v) is 2.68. The summed E-state index contributed by atoms with van der Waals surface area (Å²) in [6.07, 6.45) is -4.49. The summed E-state index contributed by atoms with van der Waals surface area (Å²) in [7, 11) is 0. The van der Waals surface area contributed by atoms with Gasteiger partial charge in [0.2, 0.25) is 0 Å². The van der Waals surface area contributed by atoms with E-state index >= 15 is 0 Å². The number of rotatable bonds is 3. The molecule has 0 heterocycles. The average molecular weight is 283 g/mol. The van der Waals surface area contributed by atoms with E-state index in [1.165, 1.54) is 36.4 Å². The van der Waals surface area contributed by atoms with Crippen LogP contribution in [0.3, 0.4) is 0 Å². The fraction of sp³-hybridized carbons (Fsp3) is 0.143. The highest BCUT2D eigenvalue weighted by Gasteiger charge is 2.34. The first-order valence-electron chi connectivity index (χ1n) is 5.74.